The molecule has 0 aromatic heterocycles. The third-order valence-corrected chi connectivity index (χ3v) is 2.14. The number of anilines is 1. The van der Waals surface area contributed by atoms with Gasteiger partial charge in [-0.1, -0.05) is 28.1 Å². The van der Waals surface area contributed by atoms with Gasteiger partial charge < -0.3 is 10.1 Å². The highest BCUT2D eigenvalue weighted by molar-refractivity contribution is 9.10. The van der Waals surface area contributed by atoms with E-state index in [4.69, 9.17) is 4.74 Å². The van der Waals surface area contributed by atoms with Crippen molar-refractivity contribution in [3.63, 3.8) is 0 Å². The molecule has 4 heteroatoms. The second kappa shape index (κ2) is 5.00. The van der Waals surface area contributed by atoms with E-state index in [0.717, 1.165) is 0 Å². The van der Waals surface area contributed by atoms with Gasteiger partial charge in [-0.25, -0.2) is 0 Å². The quantitative estimate of drug-likeness (QED) is 0.845. The second-order valence-electron chi connectivity index (χ2n) is 2.81. The molecule has 0 aliphatic heterocycles. The number of ether oxygens (including phenoxy) is 1. The molecule has 0 bridgehead atoms. The molecule has 1 aromatic carbocycles. The van der Waals surface area contributed by atoms with Crippen LogP contribution in [0, 0.1) is 0 Å². The van der Waals surface area contributed by atoms with E-state index >= 15 is 0 Å². The molecule has 1 amide bonds. The van der Waals surface area contributed by atoms with Crippen molar-refractivity contribution in [2.75, 3.05) is 12.4 Å². The van der Waals surface area contributed by atoms with Crippen LogP contribution in [0.5, 0.6) is 5.75 Å². The fraction of sp³-hybridized carbons (Fsp3) is 0.300. The van der Waals surface area contributed by atoms with Crippen LogP contribution in [0.4, 0.5) is 5.69 Å². The number of amides is 1. The number of methoxy groups -OCH3 is 1. The maximum atomic E-state index is 11.4. The lowest BCUT2D eigenvalue weighted by Gasteiger charge is -2.10. The normalized spacial score (nSPS) is 11.9. The van der Waals surface area contributed by atoms with Crippen LogP contribution in [0.1, 0.15) is 6.92 Å². The molecule has 1 N–H and O–H groups in total. The first-order chi connectivity index (χ1) is 6.65. The van der Waals surface area contributed by atoms with Gasteiger partial charge in [-0.2, -0.15) is 0 Å². The second-order valence-corrected chi connectivity index (χ2v) is 4.18. The van der Waals surface area contributed by atoms with Crippen molar-refractivity contribution in [2.45, 2.75) is 11.8 Å². The van der Waals surface area contributed by atoms with Crippen LogP contribution in [0.3, 0.4) is 0 Å². The molecule has 0 saturated heterocycles. The topological polar surface area (TPSA) is 38.3 Å². The van der Waals surface area contributed by atoms with Gasteiger partial charge in [0.2, 0.25) is 5.91 Å². The number of halogens is 1. The number of rotatable bonds is 3. The van der Waals surface area contributed by atoms with Crippen molar-refractivity contribution in [1.82, 2.24) is 0 Å². The van der Waals surface area contributed by atoms with Crippen LogP contribution in [-0.2, 0) is 4.79 Å². The molecule has 76 valence electrons. The molecule has 14 heavy (non-hydrogen) atoms. The van der Waals surface area contributed by atoms with Gasteiger partial charge >= 0.3 is 0 Å². The van der Waals surface area contributed by atoms with Gasteiger partial charge in [-0.3, -0.25) is 4.79 Å². The Morgan fingerprint density at radius 3 is 2.71 bits per heavy atom. The first-order valence-corrected chi connectivity index (χ1v) is 5.14. The summed E-state index contributed by atoms with van der Waals surface area (Å²) in [5.74, 6) is 0.573. The minimum Gasteiger partial charge on any atom is -0.495 e. The summed E-state index contributed by atoms with van der Waals surface area (Å²) in [6.07, 6.45) is 0. The Labute approximate surface area is 91.6 Å². The summed E-state index contributed by atoms with van der Waals surface area (Å²) >= 11 is 3.19. The van der Waals surface area contributed by atoms with Gasteiger partial charge in [0.25, 0.3) is 0 Å². The van der Waals surface area contributed by atoms with Crippen LogP contribution in [0.2, 0.25) is 0 Å². The monoisotopic (exact) mass is 257 g/mol. The Kier molecular flexibility index (Phi) is 3.95. The molecular weight excluding hydrogens is 246 g/mol. The zero-order valence-corrected chi connectivity index (χ0v) is 9.67. The molecule has 3 nitrogen and oxygen atoms in total. The van der Waals surface area contributed by atoms with Gasteiger partial charge in [-0.15, -0.1) is 0 Å². The SMILES string of the molecule is COc1ccccc1NC(=O)C(C)Br. The standard InChI is InChI=1S/C10H12BrNO2/c1-7(11)10(13)12-8-5-3-4-6-9(8)14-2/h3-7H,1-2H3,(H,12,13). The van der Waals surface area contributed by atoms with Gasteiger partial charge in [0.1, 0.15) is 5.75 Å². The number of para-hydroxylation sites is 2. The molecule has 0 saturated carbocycles. The number of alkyl halides is 1. The highest BCUT2D eigenvalue weighted by atomic mass is 79.9. The molecule has 0 fully saturated rings. The Balaban J connectivity index is 2.80. The number of carbonyl (C=O) groups is 1. The smallest absolute Gasteiger partial charge is 0.237 e. The van der Waals surface area contributed by atoms with Crippen LogP contribution < -0.4 is 10.1 Å². The van der Waals surface area contributed by atoms with E-state index in [9.17, 15) is 4.79 Å². The van der Waals surface area contributed by atoms with Crippen molar-refractivity contribution in [2.24, 2.45) is 0 Å². The summed E-state index contributed by atoms with van der Waals surface area (Å²) in [5, 5.41) is 2.75. The molecule has 0 radical (unpaired) electrons. The molecular formula is C10H12BrNO2. The van der Waals surface area contributed by atoms with Crippen molar-refractivity contribution < 1.29 is 9.53 Å². The Morgan fingerprint density at radius 2 is 2.14 bits per heavy atom. The average molecular weight is 258 g/mol. The van der Waals surface area contributed by atoms with Gasteiger partial charge in [0.05, 0.1) is 17.6 Å². The van der Waals surface area contributed by atoms with Crippen LogP contribution in [0.25, 0.3) is 0 Å². The number of benzene rings is 1. The number of hydrogen-bond donors (Lipinski definition) is 1. The lowest BCUT2D eigenvalue weighted by Crippen LogP contribution is -2.20. The average Bonchev–Trinajstić information content (AvgIpc) is 2.18. The van der Waals surface area contributed by atoms with Gasteiger partial charge in [-0.05, 0) is 19.1 Å². The molecule has 1 aromatic rings. The van der Waals surface area contributed by atoms with Crippen LogP contribution in [0.15, 0.2) is 24.3 Å². The number of hydrogen-bond acceptors (Lipinski definition) is 2. The first kappa shape index (κ1) is 11.0. The van der Waals surface area contributed by atoms with Crippen molar-refractivity contribution in [1.29, 1.82) is 0 Å². The van der Waals surface area contributed by atoms with E-state index in [2.05, 4.69) is 21.2 Å². The first-order valence-electron chi connectivity index (χ1n) is 4.23. The van der Waals surface area contributed by atoms with E-state index < -0.39 is 0 Å². The van der Waals surface area contributed by atoms with Crippen molar-refractivity contribution in [3.8, 4) is 5.75 Å². The third-order valence-electron chi connectivity index (χ3n) is 1.73. The Hall–Kier alpha value is -1.03. The van der Waals surface area contributed by atoms with E-state index in [0.29, 0.717) is 11.4 Å². The molecule has 1 unspecified atom stereocenters. The Morgan fingerprint density at radius 1 is 1.50 bits per heavy atom. The molecule has 1 atom stereocenters. The van der Waals surface area contributed by atoms with Crippen LogP contribution >= 0.6 is 15.9 Å². The van der Waals surface area contributed by atoms with Crippen LogP contribution in [-0.4, -0.2) is 17.8 Å². The summed E-state index contributed by atoms with van der Waals surface area (Å²) in [7, 11) is 1.57. The highest BCUT2D eigenvalue weighted by Crippen LogP contribution is 2.23. The molecule has 0 spiro atoms. The van der Waals surface area contributed by atoms with Gasteiger partial charge in [0, 0.05) is 0 Å². The fourth-order valence-corrected chi connectivity index (χ4v) is 1.09. The van der Waals surface area contributed by atoms with E-state index in [1.165, 1.54) is 0 Å². The van der Waals surface area contributed by atoms with E-state index in [-0.39, 0.29) is 10.7 Å². The number of nitrogens with one attached hydrogen (secondary N) is 1. The largest absolute Gasteiger partial charge is 0.495 e. The molecule has 1 rings (SSSR count). The zero-order valence-electron chi connectivity index (χ0n) is 8.08. The Bertz CT molecular complexity index is 326. The minimum absolute atomic E-state index is 0.0884. The minimum atomic E-state index is -0.215. The lowest BCUT2D eigenvalue weighted by atomic mass is 10.3. The van der Waals surface area contributed by atoms with Crippen molar-refractivity contribution >= 4 is 27.5 Å². The van der Waals surface area contributed by atoms with E-state index in [1.54, 1.807) is 26.2 Å². The number of carbonyl (C=O) groups excluding carboxylic acids is 1. The maximum Gasteiger partial charge on any atom is 0.237 e. The van der Waals surface area contributed by atoms with E-state index in [1.807, 2.05) is 12.1 Å². The predicted molar refractivity (Wildman–Crippen MR) is 60.0 cm³/mol. The molecule has 0 aliphatic carbocycles. The lowest BCUT2D eigenvalue weighted by molar-refractivity contribution is -0.115. The summed E-state index contributed by atoms with van der Waals surface area (Å²) in [6, 6.07) is 7.30. The van der Waals surface area contributed by atoms with Gasteiger partial charge in [0.15, 0.2) is 0 Å². The molecule has 0 heterocycles. The fourth-order valence-electron chi connectivity index (χ4n) is 0.980. The third kappa shape index (κ3) is 2.73. The summed E-state index contributed by atoms with van der Waals surface area (Å²) in [5.41, 5.74) is 0.686. The summed E-state index contributed by atoms with van der Waals surface area (Å²) in [4.78, 5) is 11.2. The maximum absolute atomic E-state index is 11.4. The predicted octanol–water partition coefficient (Wildman–Crippen LogP) is 2.42. The molecule has 0 aliphatic rings. The van der Waals surface area contributed by atoms with Crippen molar-refractivity contribution in [3.05, 3.63) is 24.3 Å². The summed E-state index contributed by atoms with van der Waals surface area (Å²) in [6.45, 7) is 1.77. The zero-order chi connectivity index (χ0) is 10.6. The highest BCUT2D eigenvalue weighted by Gasteiger charge is 2.10. The summed E-state index contributed by atoms with van der Waals surface area (Å²) < 4.78 is 5.10.